The summed E-state index contributed by atoms with van der Waals surface area (Å²) in [5.74, 6) is -0.346. The fourth-order valence-corrected chi connectivity index (χ4v) is 2.12. The molecule has 20 heavy (non-hydrogen) atoms. The van der Waals surface area contributed by atoms with Gasteiger partial charge in [0.25, 0.3) is 5.91 Å². The third-order valence-electron chi connectivity index (χ3n) is 2.61. The van der Waals surface area contributed by atoms with Crippen molar-refractivity contribution in [3.05, 3.63) is 57.9 Å². The van der Waals surface area contributed by atoms with E-state index in [-0.39, 0.29) is 5.91 Å². The van der Waals surface area contributed by atoms with Crippen LogP contribution in [0.15, 0.2) is 48.5 Å². The van der Waals surface area contributed by atoms with Gasteiger partial charge in [0.2, 0.25) is 0 Å². The predicted molar refractivity (Wildman–Crippen MR) is 84.3 cm³/mol. The molecular formula is C15H13FINO2. The van der Waals surface area contributed by atoms with Crippen LogP contribution in [-0.4, -0.2) is 12.0 Å². The molecule has 0 saturated carbocycles. The molecule has 0 aliphatic rings. The van der Waals surface area contributed by atoms with Gasteiger partial charge in [-0.05, 0) is 53.8 Å². The number of hydrogen-bond acceptors (Lipinski definition) is 2. The number of hydrogen-bond donors (Lipinski definition) is 1. The van der Waals surface area contributed by atoms with Crippen molar-refractivity contribution < 1.29 is 13.9 Å². The Hall–Kier alpha value is -1.63. The number of rotatable bonds is 4. The second-order valence-electron chi connectivity index (χ2n) is 4.19. The van der Waals surface area contributed by atoms with E-state index in [9.17, 15) is 9.18 Å². The molecule has 2 aromatic rings. The molecule has 1 unspecified atom stereocenters. The number of ether oxygens (including phenoxy) is 1. The summed E-state index contributed by atoms with van der Waals surface area (Å²) in [5.41, 5.74) is 0.729. The van der Waals surface area contributed by atoms with E-state index in [1.807, 2.05) is 24.3 Å². The molecule has 2 aromatic carbocycles. The summed E-state index contributed by atoms with van der Waals surface area (Å²) < 4.78 is 19.4. The average Bonchev–Trinajstić information content (AvgIpc) is 2.41. The van der Waals surface area contributed by atoms with Gasteiger partial charge in [0, 0.05) is 9.64 Å². The van der Waals surface area contributed by atoms with Gasteiger partial charge in [-0.1, -0.05) is 18.2 Å². The van der Waals surface area contributed by atoms with Crippen molar-refractivity contribution in [1.29, 1.82) is 0 Å². The Bertz CT molecular complexity index is 618. The SMILES string of the molecule is CC(Oc1cccc(F)c1)C(=O)Nc1ccccc1I. The number of nitrogens with one attached hydrogen (secondary N) is 1. The zero-order valence-corrected chi connectivity index (χ0v) is 12.9. The van der Waals surface area contributed by atoms with Gasteiger partial charge in [-0.3, -0.25) is 4.79 Å². The summed E-state index contributed by atoms with van der Waals surface area (Å²) >= 11 is 2.14. The van der Waals surface area contributed by atoms with E-state index >= 15 is 0 Å². The van der Waals surface area contributed by atoms with Crippen LogP contribution in [0.2, 0.25) is 0 Å². The van der Waals surface area contributed by atoms with Crippen molar-refractivity contribution in [3.63, 3.8) is 0 Å². The average molecular weight is 385 g/mol. The molecule has 0 radical (unpaired) electrons. The van der Waals surface area contributed by atoms with Crippen LogP contribution in [0.3, 0.4) is 0 Å². The zero-order valence-electron chi connectivity index (χ0n) is 10.8. The van der Waals surface area contributed by atoms with Gasteiger partial charge in [0.1, 0.15) is 11.6 Å². The Morgan fingerprint density at radius 2 is 2.00 bits per heavy atom. The van der Waals surface area contributed by atoms with Gasteiger partial charge in [-0.25, -0.2) is 4.39 Å². The maximum absolute atomic E-state index is 13.0. The lowest BCUT2D eigenvalue weighted by molar-refractivity contribution is -0.122. The number of carbonyl (C=O) groups excluding carboxylic acids is 1. The first kappa shape index (κ1) is 14.8. The minimum absolute atomic E-state index is 0.279. The van der Waals surface area contributed by atoms with Crippen LogP contribution in [-0.2, 0) is 4.79 Å². The molecule has 0 spiro atoms. The normalized spacial score (nSPS) is 11.8. The van der Waals surface area contributed by atoms with Crippen molar-refractivity contribution in [3.8, 4) is 5.75 Å². The Morgan fingerprint density at radius 1 is 1.25 bits per heavy atom. The molecule has 1 N–H and O–H groups in total. The number of amides is 1. The highest BCUT2D eigenvalue weighted by Gasteiger charge is 2.15. The minimum atomic E-state index is -0.715. The summed E-state index contributed by atoms with van der Waals surface area (Å²) in [6, 6.07) is 13.2. The van der Waals surface area contributed by atoms with Crippen molar-refractivity contribution in [2.45, 2.75) is 13.0 Å². The molecule has 0 bridgehead atoms. The lowest BCUT2D eigenvalue weighted by Crippen LogP contribution is -2.30. The largest absolute Gasteiger partial charge is 0.481 e. The van der Waals surface area contributed by atoms with E-state index < -0.39 is 11.9 Å². The molecular weight excluding hydrogens is 372 g/mol. The van der Waals surface area contributed by atoms with Crippen LogP contribution in [0.25, 0.3) is 0 Å². The summed E-state index contributed by atoms with van der Waals surface area (Å²) in [6.45, 7) is 1.62. The third kappa shape index (κ3) is 3.93. The number of carbonyl (C=O) groups is 1. The Morgan fingerprint density at radius 3 is 2.70 bits per heavy atom. The topological polar surface area (TPSA) is 38.3 Å². The molecule has 0 saturated heterocycles. The number of benzene rings is 2. The number of para-hydroxylation sites is 1. The van der Waals surface area contributed by atoms with Gasteiger partial charge in [0.15, 0.2) is 6.10 Å². The van der Waals surface area contributed by atoms with Crippen LogP contribution in [0.5, 0.6) is 5.75 Å². The van der Waals surface area contributed by atoms with E-state index in [0.29, 0.717) is 5.75 Å². The molecule has 0 aliphatic heterocycles. The predicted octanol–water partition coefficient (Wildman–Crippen LogP) is 3.84. The molecule has 0 aromatic heterocycles. The highest BCUT2D eigenvalue weighted by molar-refractivity contribution is 14.1. The molecule has 3 nitrogen and oxygen atoms in total. The maximum atomic E-state index is 13.0. The molecule has 1 amide bonds. The quantitative estimate of drug-likeness (QED) is 0.813. The van der Waals surface area contributed by atoms with Crippen molar-refractivity contribution in [2.75, 3.05) is 5.32 Å². The van der Waals surface area contributed by atoms with Crippen molar-refractivity contribution >= 4 is 34.2 Å². The molecule has 0 aliphatic carbocycles. The second kappa shape index (κ2) is 6.69. The zero-order chi connectivity index (χ0) is 14.5. The Kier molecular flexibility index (Phi) is 4.94. The van der Waals surface area contributed by atoms with Gasteiger partial charge in [0.05, 0.1) is 5.69 Å². The summed E-state index contributed by atoms with van der Waals surface area (Å²) in [4.78, 5) is 12.0. The lowest BCUT2D eigenvalue weighted by Gasteiger charge is -2.15. The smallest absolute Gasteiger partial charge is 0.265 e. The first-order chi connectivity index (χ1) is 9.56. The van der Waals surface area contributed by atoms with E-state index in [4.69, 9.17) is 4.74 Å². The molecule has 5 heteroatoms. The van der Waals surface area contributed by atoms with Crippen LogP contribution in [0, 0.1) is 9.39 Å². The van der Waals surface area contributed by atoms with Crippen LogP contribution < -0.4 is 10.1 Å². The van der Waals surface area contributed by atoms with E-state index in [0.717, 1.165) is 9.26 Å². The highest BCUT2D eigenvalue weighted by Crippen LogP contribution is 2.18. The first-order valence-corrected chi connectivity index (χ1v) is 7.12. The van der Waals surface area contributed by atoms with Crippen LogP contribution in [0.1, 0.15) is 6.92 Å². The van der Waals surface area contributed by atoms with Gasteiger partial charge in [-0.15, -0.1) is 0 Å². The fraction of sp³-hybridized carbons (Fsp3) is 0.133. The van der Waals surface area contributed by atoms with Crippen molar-refractivity contribution in [2.24, 2.45) is 0 Å². The second-order valence-corrected chi connectivity index (χ2v) is 5.35. The molecule has 2 rings (SSSR count). The molecule has 0 heterocycles. The van der Waals surface area contributed by atoms with E-state index in [2.05, 4.69) is 27.9 Å². The third-order valence-corrected chi connectivity index (χ3v) is 3.55. The minimum Gasteiger partial charge on any atom is -0.481 e. The highest BCUT2D eigenvalue weighted by atomic mass is 127. The van der Waals surface area contributed by atoms with Gasteiger partial charge < -0.3 is 10.1 Å². The molecule has 104 valence electrons. The van der Waals surface area contributed by atoms with Crippen LogP contribution >= 0.6 is 22.6 Å². The Labute approximate surface area is 130 Å². The van der Waals surface area contributed by atoms with Crippen molar-refractivity contribution in [1.82, 2.24) is 0 Å². The fourth-order valence-electron chi connectivity index (χ4n) is 1.59. The van der Waals surface area contributed by atoms with E-state index in [1.54, 1.807) is 13.0 Å². The van der Waals surface area contributed by atoms with Crippen LogP contribution in [0.4, 0.5) is 10.1 Å². The molecule has 0 fully saturated rings. The summed E-state index contributed by atoms with van der Waals surface area (Å²) in [5, 5.41) is 2.78. The molecule has 1 atom stereocenters. The summed E-state index contributed by atoms with van der Waals surface area (Å²) in [7, 11) is 0. The number of halogens is 2. The first-order valence-electron chi connectivity index (χ1n) is 6.04. The lowest BCUT2D eigenvalue weighted by atomic mass is 10.3. The monoisotopic (exact) mass is 385 g/mol. The maximum Gasteiger partial charge on any atom is 0.265 e. The van der Waals surface area contributed by atoms with Gasteiger partial charge in [-0.2, -0.15) is 0 Å². The van der Waals surface area contributed by atoms with E-state index in [1.165, 1.54) is 18.2 Å². The number of anilines is 1. The van der Waals surface area contributed by atoms with Gasteiger partial charge >= 0.3 is 0 Å². The standard InChI is InChI=1S/C15H13FINO2/c1-10(20-12-6-4-5-11(16)9-12)15(19)18-14-8-3-2-7-13(14)17/h2-10H,1H3,(H,18,19). The summed E-state index contributed by atoms with van der Waals surface area (Å²) in [6.07, 6.45) is -0.715. The Balaban J connectivity index is 2.01.